The zero-order valence-corrected chi connectivity index (χ0v) is 8.15. The number of nitrogens with two attached hydrogens (primary N) is 1. The molecule has 1 aliphatic carbocycles. The Morgan fingerprint density at radius 3 is 2.09 bits per heavy atom. The van der Waals surface area contributed by atoms with E-state index in [1.165, 1.54) is 6.42 Å². The second-order valence-corrected chi connectivity index (χ2v) is 4.77. The molecule has 2 nitrogen and oxygen atoms in total. The number of nitrogens with zero attached hydrogens (tertiary/aromatic N) is 1. The average Bonchev–Trinajstić information content (AvgIpc) is 2.29. The maximum Gasteiger partial charge on any atom is 0.0224 e. The largest absolute Gasteiger partial charge is 0.325 e. The molecular weight excluding hydrogens is 136 g/mol. The predicted octanol–water partition coefficient (Wildman–Crippen LogP) is 1.07. The van der Waals surface area contributed by atoms with Crippen LogP contribution in [-0.2, 0) is 0 Å². The van der Waals surface area contributed by atoms with Crippen molar-refractivity contribution >= 4 is 0 Å². The first-order chi connectivity index (χ1) is 4.87. The molecule has 0 aromatic heterocycles. The average molecular weight is 156 g/mol. The molecule has 0 amide bonds. The van der Waals surface area contributed by atoms with E-state index in [9.17, 15) is 0 Å². The van der Waals surface area contributed by atoms with E-state index >= 15 is 0 Å². The van der Waals surface area contributed by atoms with Crippen LogP contribution in [0.15, 0.2) is 0 Å². The quantitative estimate of drug-likeness (QED) is 0.662. The van der Waals surface area contributed by atoms with Gasteiger partial charge >= 0.3 is 0 Å². The molecule has 0 aromatic rings. The zero-order valence-electron chi connectivity index (χ0n) is 8.15. The molecule has 1 saturated carbocycles. The molecule has 0 radical (unpaired) electrons. The minimum Gasteiger partial charge on any atom is -0.325 e. The Morgan fingerprint density at radius 1 is 1.36 bits per heavy atom. The van der Waals surface area contributed by atoms with E-state index in [2.05, 4.69) is 32.8 Å². The van der Waals surface area contributed by atoms with Crippen molar-refractivity contribution in [2.75, 3.05) is 20.6 Å². The molecule has 0 heterocycles. The SMILES string of the molecule is CN(C)CCC1(N)CC1(C)C. The Kier molecular flexibility index (Phi) is 2.01. The van der Waals surface area contributed by atoms with Crippen molar-refractivity contribution in [3.63, 3.8) is 0 Å². The van der Waals surface area contributed by atoms with Gasteiger partial charge in [-0.05, 0) is 38.9 Å². The molecule has 11 heavy (non-hydrogen) atoms. The fourth-order valence-electron chi connectivity index (χ4n) is 1.59. The summed E-state index contributed by atoms with van der Waals surface area (Å²) in [5.41, 5.74) is 6.67. The minimum atomic E-state index is 0.136. The van der Waals surface area contributed by atoms with E-state index in [0.717, 1.165) is 13.0 Å². The van der Waals surface area contributed by atoms with Crippen molar-refractivity contribution in [2.24, 2.45) is 11.1 Å². The normalized spacial score (nSPS) is 34.4. The Labute approximate surface area is 69.8 Å². The molecule has 1 rings (SSSR count). The summed E-state index contributed by atoms with van der Waals surface area (Å²) in [5.74, 6) is 0. The molecule has 2 N–H and O–H groups in total. The van der Waals surface area contributed by atoms with Gasteiger partial charge in [-0.1, -0.05) is 13.8 Å². The van der Waals surface area contributed by atoms with Crippen LogP contribution in [0.5, 0.6) is 0 Å². The lowest BCUT2D eigenvalue weighted by Crippen LogP contribution is -2.32. The van der Waals surface area contributed by atoms with E-state index in [-0.39, 0.29) is 5.54 Å². The van der Waals surface area contributed by atoms with Gasteiger partial charge in [0.1, 0.15) is 0 Å². The molecule has 1 fully saturated rings. The highest BCUT2D eigenvalue weighted by atomic mass is 15.1. The Bertz CT molecular complexity index is 152. The van der Waals surface area contributed by atoms with Gasteiger partial charge in [0.25, 0.3) is 0 Å². The summed E-state index contributed by atoms with van der Waals surface area (Å²) in [6.07, 6.45) is 2.32. The Balaban J connectivity index is 2.29. The summed E-state index contributed by atoms with van der Waals surface area (Å²) in [6.45, 7) is 5.62. The van der Waals surface area contributed by atoms with Crippen LogP contribution < -0.4 is 5.73 Å². The summed E-state index contributed by atoms with van der Waals surface area (Å²) in [5, 5.41) is 0. The second-order valence-electron chi connectivity index (χ2n) is 4.77. The molecule has 0 aliphatic heterocycles. The molecule has 1 atom stereocenters. The lowest BCUT2D eigenvalue weighted by atomic mass is 10.0. The first-order valence-electron chi connectivity index (χ1n) is 4.31. The van der Waals surface area contributed by atoms with Crippen LogP contribution in [0.25, 0.3) is 0 Å². The van der Waals surface area contributed by atoms with Crippen LogP contribution in [0.1, 0.15) is 26.7 Å². The first kappa shape index (κ1) is 9.01. The molecule has 0 bridgehead atoms. The van der Waals surface area contributed by atoms with Crippen LogP contribution in [-0.4, -0.2) is 31.1 Å². The fourth-order valence-corrected chi connectivity index (χ4v) is 1.59. The summed E-state index contributed by atoms with van der Waals surface area (Å²) >= 11 is 0. The highest BCUT2D eigenvalue weighted by Gasteiger charge is 2.57. The van der Waals surface area contributed by atoms with Gasteiger partial charge in [-0.2, -0.15) is 0 Å². The van der Waals surface area contributed by atoms with Gasteiger partial charge in [-0.15, -0.1) is 0 Å². The molecule has 2 heteroatoms. The third-order valence-electron chi connectivity index (χ3n) is 2.99. The molecule has 1 unspecified atom stereocenters. The third-order valence-corrected chi connectivity index (χ3v) is 2.99. The van der Waals surface area contributed by atoms with Crippen molar-refractivity contribution in [3.05, 3.63) is 0 Å². The van der Waals surface area contributed by atoms with Gasteiger partial charge in [0, 0.05) is 5.54 Å². The highest BCUT2D eigenvalue weighted by Crippen LogP contribution is 2.55. The van der Waals surface area contributed by atoms with Gasteiger partial charge in [0.2, 0.25) is 0 Å². The number of hydrogen-bond donors (Lipinski definition) is 1. The van der Waals surface area contributed by atoms with Gasteiger partial charge in [0.05, 0.1) is 0 Å². The smallest absolute Gasteiger partial charge is 0.0224 e. The van der Waals surface area contributed by atoms with E-state index in [1.807, 2.05) is 0 Å². The van der Waals surface area contributed by atoms with Crippen molar-refractivity contribution < 1.29 is 0 Å². The monoisotopic (exact) mass is 156 g/mol. The molecule has 0 aromatic carbocycles. The topological polar surface area (TPSA) is 29.3 Å². The van der Waals surface area contributed by atoms with E-state index in [4.69, 9.17) is 5.73 Å². The van der Waals surface area contributed by atoms with Gasteiger partial charge < -0.3 is 10.6 Å². The van der Waals surface area contributed by atoms with Crippen LogP contribution >= 0.6 is 0 Å². The summed E-state index contributed by atoms with van der Waals surface area (Å²) in [4.78, 5) is 2.20. The third kappa shape index (κ3) is 1.74. The zero-order chi connectivity index (χ0) is 8.70. The lowest BCUT2D eigenvalue weighted by molar-refractivity contribution is 0.350. The van der Waals surface area contributed by atoms with Gasteiger partial charge in [0.15, 0.2) is 0 Å². The molecule has 0 spiro atoms. The fraction of sp³-hybridized carbons (Fsp3) is 1.00. The van der Waals surface area contributed by atoms with Crippen LogP contribution in [0.3, 0.4) is 0 Å². The van der Waals surface area contributed by atoms with Crippen LogP contribution in [0, 0.1) is 5.41 Å². The van der Waals surface area contributed by atoms with Crippen molar-refractivity contribution in [1.82, 2.24) is 4.90 Å². The maximum absolute atomic E-state index is 6.15. The molecule has 66 valence electrons. The first-order valence-corrected chi connectivity index (χ1v) is 4.31. The Morgan fingerprint density at radius 2 is 1.82 bits per heavy atom. The predicted molar refractivity (Wildman–Crippen MR) is 48.5 cm³/mol. The molecule has 0 saturated heterocycles. The number of hydrogen-bond acceptors (Lipinski definition) is 2. The standard InChI is InChI=1S/C9H20N2/c1-8(2)7-9(8,10)5-6-11(3)4/h5-7,10H2,1-4H3. The highest BCUT2D eigenvalue weighted by molar-refractivity contribution is 5.14. The second kappa shape index (κ2) is 2.46. The summed E-state index contributed by atoms with van der Waals surface area (Å²) in [7, 11) is 4.19. The van der Waals surface area contributed by atoms with Crippen LogP contribution in [0.2, 0.25) is 0 Å². The molecule has 1 aliphatic rings. The Hall–Kier alpha value is -0.0800. The van der Waals surface area contributed by atoms with E-state index in [1.54, 1.807) is 0 Å². The molecular formula is C9H20N2. The van der Waals surface area contributed by atoms with E-state index < -0.39 is 0 Å². The number of rotatable bonds is 3. The van der Waals surface area contributed by atoms with Gasteiger partial charge in [-0.3, -0.25) is 0 Å². The van der Waals surface area contributed by atoms with Crippen molar-refractivity contribution in [2.45, 2.75) is 32.2 Å². The van der Waals surface area contributed by atoms with Crippen molar-refractivity contribution in [3.8, 4) is 0 Å². The van der Waals surface area contributed by atoms with E-state index in [0.29, 0.717) is 5.41 Å². The minimum absolute atomic E-state index is 0.136. The van der Waals surface area contributed by atoms with Crippen LogP contribution in [0.4, 0.5) is 0 Å². The van der Waals surface area contributed by atoms with Gasteiger partial charge in [-0.25, -0.2) is 0 Å². The van der Waals surface area contributed by atoms with Crippen molar-refractivity contribution in [1.29, 1.82) is 0 Å². The summed E-state index contributed by atoms with van der Waals surface area (Å²) < 4.78 is 0. The summed E-state index contributed by atoms with van der Waals surface area (Å²) in [6, 6.07) is 0. The maximum atomic E-state index is 6.15. The lowest BCUT2D eigenvalue weighted by Gasteiger charge is -2.17.